The molecule has 0 aliphatic heterocycles. The van der Waals surface area contributed by atoms with Gasteiger partial charge in [0.05, 0.1) is 13.0 Å². The van der Waals surface area contributed by atoms with Crippen molar-refractivity contribution in [3.05, 3.63) is 35.4 Å². The van der Waals surface area contributed by atoms with E-state index in [1.807, 2.05) is 45.0 Å². The summed E-state index contributed by atoms with van der Waals surface area (Å²) in [7, 11) is 0. The Hall–Kier alpha value is -3.10. The third kappa shape index (κ3) is 12.5. The highest BCUT2D eigenvalue weighted by Gasteiger charge is 2.36. The van der Waals surface area contributed by atoms with Gasteiger partial charge in [-0.15, -0.1) is 0 Å². The summed E-state index contributed by atoms with van der Waals surface area (Å²) in [6.07, 6.45) is 2.24. The Balaban J connectivity index is 3.43. The summed E-state index contributed by atoms with van der Waals surface area (Å²) < 4.78 is 10.4. The molecule has 1 aromatic rings. The van der Waals surface area contributed by atoms with E-state index in [-0.39, 0.29) is 37.3 Å². The number of aryl methyl sites for hydroxylation is 1. The number of carbonyl (C=O) groups excluding carboxylic acids is 4. The molecule has 0 bridgehead atoms. The number of carbonyl (C=O) groups is 4. The van der Waals surface area contributed by atoms with E-state index in [2.05, 4.69) is 17.6 Å². The summed E-state index contributed by atoms with van der Waals surface area (Å²) in [5.41, 5.74) is 0.826. The van der Waals surface area contributed by atoms with Crippen LogP contribution in [0.15, 0.2) is 24.3 Å². The van der Waals surface area contributed by atoms with Crippen molar-refractivity contribution in [2.24, 2.45) is 5.92 Å². The van der Waals surface area contributed by atoms with Crippen LogP contribution in [0.5, 0.6) is 0 Å². The molecule has 220 valence electrons. The molecule has 2 atom stereocenters. The molecule has 0 aromatic heterocycles. The van der Waals surface area contributed by atoms with Gasteiger partial charge in [0.15, 0.2) is 0 Å². The molecular formula is C30H49N3O6. The van der Waals surface area contributed by atoms with Crippen LogP contribution in [0.2, 0.25) is 0 Å². The molecule has 2 N–H and O–H groups in total. The van der Waals surface area contributed by atoms with E-state index in [4.69, 9.17) is 9.47 Å². The average Bonchev–Trinajstić information content (AvgIpc) is 2.82. The quantitative estimate of drug-likeness (QED) is 0.234. The molecule has 0 heterocycles. The topological polar surface area (TPSA) is 114 Å². The van der Waals surface area contributed by atoms with E-state index in [1.165, 1.54) is 0 Å². The molecule has 0 radical (unpaired) electrons. The number of ether oxygens (including phenoxy) is 2. The maximum absolute atomic E-state index is 14.2. The number of rotatable bonds is 15. The van der Waals surface area contributed by atoms with Gasteiger partial charge in [-0.05, 0) is 64.5 Å². The van der Waals surface area contributed by atoms with Crippen LogP contribution < -0.4 is 10.6 Å². The monoisotopic (exact) mass is 547 g/mol. The van der Waals surface area contributed by atoms with Crippen molar-refractivity contribution in [1.82, 2.24) is 15.5 Å². The molecule has 1 aromatic carbocycles. The van der Waals surface area contributed by atoms with E-state index >= 15 is 0 Å². The predicted octanol–water partition coefficient (Wildman–Crippen LogP) is 5.06. The Morgan fingerprint density at radius 3 is 2.26 bits per heavy atom. The van der Waals surface area contributed by atoms with Gasteiger partial charge in [-0.2, -0.15) is 0 Å². The molecule has 0 aliphatic carbocycles. The Morgan fingerprint density at radius 1 is 1.03 bits per heavy atom. The number of esters is 1. The van der Waals surface area contributed by atoms with Crippen molar-refractivity contribution in [2.45, 2.75) is 105 Å². The maximum Gasteiger partial charge on any atom is 0.408 e. The summed E-state index contributed by atoms with van der Waals surface area (Å²) in [5.74, 6) is -1.04. The second-order valence-electron chi connectivity index (χ2n) is 11.2. The molecule has 2 unspecified atom stereocenters. The minimum Gasteiger partial charge on any atom is -0.466 e. The molecule has 9 nitrogen and oxygen atoms in total. The molecule has 0 spiro atoms. The zero-order chi connectivity index (χ0) is 29.6. The van der Waals surface area contributed by atoms with E-state index in [0.717, 1.165) is 18.4 Å². The normalized spacial score (nSPS) is 12.8. The highest BCUT2D eigenvalue weighted by atomic mass is 16.6. The number of hydrogen-bond acceptors (Lipinski definition) is 6. The Bertz CT molecular complexity index is 941. The molecule has 39 heavy (non-hydrogen) atoms. The van der Waals surface area contributed by atoms with Gasteiger partial charge in [0, 0.05) is 13.1 Å². The molecule has 0 saturated carbocycles. The lowest BCUT2D eigenvalue weighted by molar-refractivity contribution is -0.144. The van der Waals surface area contributed by atoms with Crippen LogP contribution in [0.3, 0.4) is 0 Å². The van der Waals surface area contributed by atoms with Crippen molar-refractivity contribution in [3.63, 3.8) is 0 Å². The second kappa shape index (κ2) is 16.8. The zero-order valence-corrected chi connectivity index (χ0v) is 25.1. The van der Waals surface area contributed by atoms with Crippen molar-refractivity contribution < 1.29 is 28.7 Å². The number of nitrogens with zero attached hydrogens (tertiary/aromatic N) is 1. The van der Waals surface area contributed by atoms with Gasteiger partial charge >= 0.3 is 12.1 Å². The van der Waals surface area contributed by atoms with Crippen LogP contribution in [-0.4, -0.2) is 60.1 Å². The van der Waals surface area contributed by atoms with Gasteiger partial charge in [0.1, 0.15) is 17.7 Å². The third-order valence-corrected chi connectivity index (χ3v) is 5.96. The fourth-order valence-corrected chi connectivity index (χ4v) is 4.20. The predicted molar refractivity (Wildman–Crippen MR) is 152 cm³/mol. The lowest BCUT2D eigenvalue weighted by Crippen LogP contribution is -2.53. The SMILES string of the molecule is CCCCCN(C(=O)C(CC(C)C)NC(=O)OC(C)(C)C)C(C(=O)NCCC(=O)OCC)c1ccccc1C. The standard InChI is InChI=1S/C30H49N3O6/c1-9-11-14-19-33(28(36)24(20-21(3)4)32-29(37)39-30(6,7)8)26(23-16-13-12-15-22(23)5)27(35)31-18-17-25(34)38-10-2/h12-13,15-16,21,24,26H,9-11,14,17-20H2,1-8H3,(H,31,35)(H,32,37). The first-order valence-corrected chi connectivity index (χ1v) is 14.1. The summed E-state index contributed by atoms with van der Waals surface area (Å²) in [6.45, 7) is 15.6. The van der Waals surface area contributed by atoms with Gasteiger partial charge in [-0.25, -0.2) is 4.79 Å². The lowest BCUT2D eigenvalue weighted by Gasteiger charge is -2.35. The summed E-state index contributed by atoms with van der Waals surface area (Å²) in [4.78, 5) is 54.0. The Morgan fingerprint density at radius 2 is 1.69 bits per heavy atom. The maximum atomic E-state index is 14.2. The summed E-state index contributed by atoms with van der Waals surface area (Å²) >= 11 is 0. The molecule has 3 amide bonds. The van der Waals surface area contributed by atoms with Gasteiger partial charge in [0.2, 0.25) is 11.8 Å². The molecule has 0 saturated heterocycles. The van der Waals surface area contributed by atoms with Crippen molar-refractivity contribution in [1.29, 1.82) is 0 Å². The van der Waals surface area contributed by atoms with Crippen LogP contribution in [0.1, 0.15) is 97.7 Å². The fraction of sp³-hybridized carbons (Fsp3) is 0.667. The Kier molecular flexibility index (Phi) is 14.6. The highest BCUT2D eigenvalue weighted by Crippen LogP contribution is 2.27. The Labute approximate surface area is 234 Å². The average molecular weight is 548 g/mol. The second-order valence-corrected chi connectivity index (χ2v) is 11.2. The van der Waals surface area contributed by atoms with Crippen LogP contribution >= 0.6 is 0 Å². The highest BCUT2D eigenvalue weighted by molar-refractivity contribution is 5.92. The largest absolute Gasteiger partial charge is 0.466 e. The molecular weight excluding hydrogens is 498 g/mol. The van der Waals surface area contributed by atoms with Gasteiger partial charge in [-0.3, -0.25) is 14.4 Å². The number of nitrogens with one attached hydrogen (secondary N) is 2. The smallest absolute Gasteiger partial charge is 0.408 e. The van der Waals surface area contributed by atoms with Crippen LogP contribution in [0.25, 0.3) is 0 Å². The first-order chi connectivity index (χ1) is 18.3. The number of amides is 3. The molecule has 9 heteroatoms. The van der Waals surface area contributed by atoms with Crippen LogP contribution in [-0.2, 0) is 23.9 Å². The summed E-state index contributed by atoms with van der Waals surface area (Å²) in [6, 6.07) is 5.63. The van der Waals surface area contributed by atoms with Crippen LogP contribution in [0, 0.1) is 12.8 Å². The fourth-order valence-electron chi connectivity index (χ4n) is 4.20. The molecule has 0 aliphatic rings. The van der Waals surface area contributed by atoms with Crippen molar-refractivity contribution >= 4 is 23.9 Å². The van der Waals surface area contributed by atoms with Crippen LogP contribution in [0.4, 0.5) is 4.79 Å². The van der Waals surface area contributed by atoms with E-state index in [9.17, 15) is 19.2 Å². The number of alkyl carbamates (subject to hydrolysis) is 1. The van der Waals surface area contributed by atoms with E-state index in [1.54, 1.807) is 32.6 Å². The van der Waals surface area contributed by atoms with Gasteiger partial charge in [0.25, 0.3) is 0 Å². The van der Waals surface area contributed by atoms with Gasteiger partial charge < -0.3 is 25.0 Å². The van der Waals surface area contributed by atoms with Crippen molar-refractivity contribution in [3.8, 4) is 0 Å². The van der Waals surface area contributed by atoms with E-state index < -0.39 is 29.7 Å². The first-order valence-electron chi connectivity index (χ1n) is 14.1. The minimum atomic E-state index is -0.937. The number of hydrogen-bond donors (Lipinski definition) is 2. The summed E-state index contributed by atoms with van der Waals surface area (Å²) in [5, 5.41) is 5.59. The first kappa shape index (κ1) is 33.9. The number of unbranched alkanes of at least 4 members (excludes halogenated alkanes) is 2. The van der Waals surface area contributed by atoms with E-state index in [0.29, 0.717) is 24.9 Å². The zero-order valence-electron chi connectivity index (χ0n) is 25.1. The van der Waals surface area contributed by atoms with Crippen molar-refractivity contribution in [2.75, 3.05) is 19.7 Å². The molecule has 0 fully saturated rings. The minimum absolute atomic E-state index is 0.0278. The lowest BCUT2D eigenvalue weighted by atomic mass is 9.96. The molecule has 1 rings (SSSR count). The third-order valence-electron chi connectivity index (χ3n) is 5.96. The van der Waals surface area contributed by atoms with Gasteiger partial charge in [-0.1, -0.05) is 57.9 Å². The number of benzene rings is 1.